The van der Waals surface area contributed by atoms with Gasteiger partial charge in [-0.05, 0) is 42.5 Å². The van der Waals surface area contributed by atoms with Crippen LogP contribution >= 0.6 is 11.6 Å². The zero-order chi connectivity index (χ0) is 21.2. The third-order valence-electron chi connectivity index (χ3n) is 3.97. The summed E-state index contributed by atoms with van der Waals surface area (Å²) in [4.78, 5) is 25.4. The second-order valence-electron chi connectivity index (χ2n) is 5.80. The van der Waals surface area contributed by atoms with Gasteiger partial charge in [0.2, 0.25) is 5.78 Å². The third kappa shape index (κ3) is 4.23. The Balaban J connectivity index is 2.07. The number of rotatable bonds is 7. The van der Waals surface area contributed by atoms with Gasteiger partial charge in [0.1, 0.15) is 5.75 Å². The highest BCUT2D eigenvalue weighted by Crippen LogP contribution is 2.31. The van der Waals surface area contributed by atoms with Crippen LogP contribution < -0.4 is 9.46 Å². The van der Waals surface area contributed by atoms with Gasteiger partial charge >= 0.3 is 0 Å². The number of aromatic amines is 1. The number of anilines is 1. The van der Waals surface area contributed by atoms with E-state index in [9.17, 15) is 23.3 Å². The van der Waals surface area contributed by atoms with Crippen molar-refractivity contribution in [3.63, 3.8) is 0 Å². The van der Waals surface area contributed by atoms with E-state index in [0.717, 1.165) is 12.1 Å². The number of aromatic nitrogens is 1. The summed E-state index contributed by atoms with van der Waals surface area (Å²) >= 11 is 5.97. The van der Waals surface area contributed by atoms with Crippen molar-refractivity contribution in [3.05, 3.63) is 81.1 Å². The molecule has 0 bridgehead atoms. The zero-order valence-electron chi connectivity index (χ0n) is 14.9. The summed E-state index contributed by atoms with van der Waals surface area (Å²) in [6, 6.07) is 10.5. The Morgan fingerprint density at radius 1 is 1.21 bits per heavy atom. The van der Waals surface area contributed by atoms with Gasteiger partial charge in [-0.2, -0.15) is 0 Å². The van der Waals surface area contributed by atoms with Crippen molar-refractivity contribution < 1.29 is 22.9 Å². The van der Waals surface area contributed by atoms with Crippen molar-refractivity contribution in [1.29, 1.82) is 0 Å². The molecule has 11 heteroatoms. The van der Waals surface area contributed by atoms with E-state index in [1.807, 2.05) is 0 Å². The molecule has 0 saturated carbocycles. The van der Waals surface area contributed by atoms with Crippen LogP contribution in [0, 0.1) is 10.1 Å². The molecule has 0 aliphatic heterocycles. The number of nitro benzene ring substituents is 1. The fraction of sp³-hybridized carbons (Fsp3) is 0.0556. The van der Waals surface area contributed by atoms with Gasteiger partial charge in [0.15, 0.2) is 4.90 Å². The minimum absolute atomic E-state index is 0.0142. The number of hydrogen-bond acceptors (Lipinski definition) is 6. The Morgan fingerprint density at radius 2 is 1.97 bits per heavy atom. The summed E-state index contributed by atoms with van der Waals surface area (Å²) in [5.41, 5.74) is -0.523. The molecule has 3 aromatic rings. The van der Waals surface area contributed by atoms with E-state index < -0.39 is 31.3 Å². The van der Waals surface area contributed by atoms with E-state index >= 15 is 0 Å². The number of nitrogens with zero attached hydrogens (tertiary/aromatic N) is 1. The molecule has 0 fully saturated rings. The Labute approximate surface area is 170 Å². The number of carbonyl (C=O) groups excluding carboxylic acids is 1. The first kappa shape index (κ1) is 20.4. The molecule has 0 amide bonds. The van der Waals surface area contributed by atoms with Crippen molar-refractivity contribution in [2.75, 3.05) is 11.8 Å². The predicted molar refractivity (Wildman–Crippen MR) is 106 cm³/mol. The molecule has 150 valence electrons. The van der Waals surface area contributed by atoms with E-state index in [4.69, 9.17) is 16.3 Å². The van der Waals surface area contributed by atoms with Crippen molar-refractivity contribution in [3.8, 4) is 5.75 Å². The number of hydrogen-bond donors (Lipinski definition) is 2. The minimum atomic E-state index is -4.40. The summed E-state index contributed by atoms with van der Waals surface area (Å²) < 4.78 is 32.9. The third-order valence-corrected chi connectivity index (χ3v) is 5.61. The summed E-state index contributed by atoms with van der Waals surface area (Å²) in [6.07, 6.45) is 1.54. The lowest BCUT2D eigenvalue weighted by Crippen LogP contribution is -2.17. The molecule has 0 spiro atoms. The number of H-pyrrole nitrogens is 1. The first-order valence-corrected chi connectivity index (χ1v) is 9.92. The van der Waals surface area contributed by atoms with Gasteiger partial charge in [-0.25, -0.2) is 8.42 Å². The van der Waals surface area contributed by atoms with Crippen LogP contribution in [0.25, 0.3) is 0 Å². The van der Waals surface area contributed by atoms with Crippen LogP contribution in [0.1, 0.15) is 16.1 Å². The highest BCUT2D eigenvalue weighted by atomic mass is 35.5. The fourth-order valence-corrected chi connectivity index (χ4v) is 4.01. The maximum absolute atomic E-state index is 12.9. The number of nitrogens with one attached hydrogen (secondary N) is 2. The lowest BCUT2D eigenvalue weighted by atomic mass is 10.1. The highest BCUT2D eigenvalue weighted by Gasteiger charge is 2.28. The van der Waals surface area contributed by atoms with Crippen LogP contribution in [-0.2, 0) is 10.0 Å². The van der Waals surface area contributed by atoms with Gasteiger partial charge in [0, 0.05) is 16.8 Å². The zero-order valence-corrected chi connectivity index (χ0v) is 16.5. The molecule has 9 nitrogen and oxygen atoms in total. The van der Waals surface area contributed by atoms with Gasteiger partial charge in [-0.1, -0.05) is 11.6 Å². The molecular weight excluding hydrogens is 422 g/mol. The Kier molecular flexibility index (Phi) is 5.57. The van der Waals surface area contributed by atoms with Crippen LogP contribution in [-0.4, -0.2) is 31.2 Å². The van der Waals surface area contributed by atoms with E-state index in [1.165, 1.54) is 37.4 Å². The van der Waals surface area contributed by atoms with Crippen molar-refractivity contribution in [2.24, 2.45) is 0 Å². The molecule has 1 aromatic heterocycles. The first-order chi connectivity index (χ1) is 13.7. The van der Waals surface area contributed by atoms with Crippen LogP contribution in [0.5, 0.6) is 5.75 Å². The molecule has 0 atom stereocenters. The van der Waals surface area contributed by atoms with Crippen LogP contribution in [0.4, 0.5) is 11.4 Å². The molecule has 0 radical (unpaired) electrons. The number of nitro groups is 1. The summed E-state index contributed by atoms with van der Waals surface area (Å²) in [7, 11) is -3.10. The monoisotopic (exact) mass is 435 g/mol. The van der Waals surface area contributed by atoms with E-state index in [0.29, 0.717) is 0 Å². The molecule has 2 aromatic carbocycles. The largest absolute Gasteiger partial charge is 0.497 e. The highest BCUT2D eigenvalue weighted by molar-refractivity contribution is 7.92. The predicted octanol–water partition coefficient (Wildman–Crippen LogP) is 3.62. The first-order valence-electron chi connectivity index (χ1n) is 8.06. The van der Waals surface area contributed by atoms with Crippen LogP contribution in [0.3, 0.4) is 0 Å². The van der Waals surface area contributed by atoms with Gasteiger partial charge in [-0.15, -0.1) is 0 Å². The normalized spacial score (nSPS) is 11.1. The number of methoxy groups -OCH3 is 1. The standard InChI is InChI=1S/C18H14ClN3O6S/c1-28-12-5-7-17(16(10-12)22(24)25)29(26,27)21-14-6-4-11(19)9-13(14)18(23)15-3-2-8-20-15/h2-10,20-21H,1H3. The molecule has 0 aliphatic rings. The number of sulfonamides is 1. The molecular formula is C18H14ClN3O6S. The lowest BCUT2D eigenvalue weighted by Gasteiger charge is -2.13. The summed E-state index contributed by atoms with van der Waals surface area (Å²) in [5, 5.41) is 11.6. The van der Waals surface area contributed by atoms with Gasteiger partial charge in [0.05, 0.1) is 29.5 Å². The maximum Gasteiger partial charge on any atom is 0.293 e. The average molecular weight is 436 g/mol. The van der Waals surface area contributed by atoms with Crippen molar-refractivity contribution >= 4 is 38.8 Å². The Hall–Kier alpha value is -3.37. The average Bonchev–Trinajstić information content (AvgIpc) is 3.23. The quantitative estimate of drug-likeness (QED) is 0.331. The number of benzene rings is 2. The number of carbonyl (C=O) groups is 1. The number of ketones is 1. The SMILES string of the molecule is COc1ccc(S(=O)(=O)Nc2ccc(Cl)cc2C(=O)c2ccc[nH]2)c([N+](=O)[O-])c1. The van der Waals surface area contributed by atoms with Crippen molar-refractivity contribution in [2.45, 2.75) is 4.90 Å². The minimum Gasteiger partial charge on any atom is -0.497 e. The smallest absolute Gasteiger partial charge is 0.293 e. The fourth-order valence-electron chi connectivity index (χ4n) is 2.60. The molecule has 0 saturated heterocycles. The molecule has 2 N–H and O–H groups in total. The van der Waals surface area contributed by atoms with E-state index in [2.05, 4.69) is 9.71 Å². The maximum atomic E-state index is 12.9. The van der Waals surface area contributed by atoms with E-state index in [-0.39, 0.29) is 27.7 Å². The van der Waals surface area contributed by atoms with Crippen molar-refractivity contribution in [1.82, 2.24) is 4.98 Å². The van der Waals surface area contributed by atoms with Crippen LogP contribution in [0.2, 0.25) is 5.02 Å². The second kappa shape index (κ2) is 7.94. The number of ether oxygens (including phenoxy) is 1. The molecule has 3 rings (SSSR count). The number of halogens is 1. The lowest BCUT2D eigenvalue weighted by molar-refractivity contribution is -0.387. The van der Waals surface area contributed by atoms with Gasteiger partial charge in [0.25, 0.3) is 15.7 Å². The molecule has 0 aliphatic carbocycles. The summed E-state index contributed by atoms with van der Waals surface area (Å²) in [5.74, 6) is -0.371. The molecule has 29 heavy (non-hydrogen) atoms. The molecule has 0 unspecified atom stereocenters. The summed E-state index contributed by atoms with van der Waals surface area (Å²) in [6.45, 7) is 0. The van der Waals surface area contributed by atoms with Gasteiger partial charge in [-0.3, -0.25) is 19.6 Å². The second-order valence-corrected chi connectivity index (χ2v) is 7.89. The topological polar surface area (TPSA) is 131 Å². The van der Waals surface area contributed by atoms with E-state index in [1.54, 1.807) is 12.3 Å². The molecule has 1 heterocycles. The van der Waals surface area contributed by atoms with Crippen LogP contribution in [0.15, 0.2) is 59.6 Å². The Bertz CT molecular complexity index is 1190. The Morgan fingerprint density at radius 3 is 2.59 bits per heavy atom. The van der Waals surface area contributed by atoms with Gasteiger partial charge < -0.3 is 9.72 Å².